The smallest absolute Gasteiger partial charge is 0.257 e. The molecule has 0 spiro atoms. The number of anilines is 2. The van der Waals surface area contributed by atoms with Gasteiger partial charge < -0.3 is 11.1 Å². The summed E-state index contributed by atoms with van der Waals surface area (Å²) in [7, 11) is 0. The number of nitrogens with one attached hydrogen (secondary N) is 1. The van der Waals surface area contributed by atoms with Gasteiger partial charge in [-0.25, -0.2) is 4.39 Å². The number of benzene rings is 2. The average molecular weight is 334 g/mol. The minimum atomic E-state index is -0.638. The predicted octanol–water partition coefficient (Wildman–Crippen LogP) is 4.62. The number of amides is 1. The summed E-state index contributed by atoms with van der Waals surface area (Å²) in [6.45, 7) is 0. The lowest BCUT2D eigenvalue weighted by atomic mass is 10.2. The summed E-state index contributed by atoms with van der Waals surface area (Å²) in [6, 6.07) is 6.71. The Bertz CT molecular complexity index is 692. The van der Waals surface area contributed by atoms with Gasteiger partial charge in [0.1, 0.15) is 5.82 Å². The molecule has 0 saturated heterocycles. The summed E-state index contributed by atoms with van der Waals surface area (Å²) in [5.41, 5.74) is 6.25. The van der Waals surface area contributed by atoms with Gasteiger partial charge in [0.05, 0.1) is 20.6 Å². The third-order valence-corrected chi connectivity index (χ3v) is 3.58. The number of carbonyl (C=O) groups is 1. The molecule has 0 heterocycles. The van der Waals surface area contributed by atoms with E-state index in [0.29, 0.717) is 5.69 Å². The first-order valence-corrected chi connectivity index (χ1v) is 6.53. The van der Waals surface area contributed by atoms with Crippen LogP contribution in [0.25, 0.3) is 0 Å². The molecule has 0 radical (unpaired) electrons. The van der Waals surface area contributed by atoms with Gasteiger partial charge in [-0.1, -0.05) is 34.8 Å². The first-order chi connectivity index (χ1) is 9.38. The zero-order valence-corrected chi connectivity index (χ0v) is 12.2. The van der Waals surface area contributed by atoms with E-state index < -0.39 is 11.7 Å². The highest BCUT2D eigenvalue weighted by atomic mass is 35.5. The standard InChI is InChI=1S/C13H8Cl3FN2O/c14-9-2-1-7(5-11(9)17)19-13(20)8-3-6(18)4-10(15)12(8)16/h1-5H,18H2,(H,19,20). The molecule has 0 bridgehead atoms. The number of rotatable bonds is 2. The molecule has 2 aromatic rings. The Hall–Kier alpha value is -1.49. The van der Waals surface area contributed by atoms with Crippen LogP contribution in [0.5, 0.6) is 0 Å². The van der Waals surface area contributed by atoms with Crippen molar-refractivity contribution in [3.63, 3.8) is 0 Å². The zero-order chi connectivity index (χ0) is 14.9. The second-order valence-electron chi connectivity index (χ2n) is 3.95. The van der Waals surface area contributed by atoms with Gasteiger partial charge in [-0.05, 0) is 30.3 Å². The SMILES string of the molecule is Nc1cc(Cl)c(Cl)c(C(=O)Nc2ccc(Cl)c(F)c2)c1. The number of carbonyl (C=O) groups excluding carboxylic acids is 1. The Morgan fingerprint density at radius 2 is 1.80 bits per heavy atom. The fourth-order valence-corrected chi connectivity index (χ4v) is 2.09. The molecule has 3 N–H and O–H groups in total. The van der Waals surface area contributed by atoms with E-state index in [2.05, 4.69) is 5.32 Å². The van der Waals surface area contributed by atoms with Gasteiger partial charge in [0.15, 0.2) is 0 Å². The first kappa shape index (κ1) is 14.9. The minimum absolute atomic E-state index is 0.0342. The summed E-state index contributed by atoms with van der Waals surface area (Å²) in [6.07, 6.45) is 0. The van der Waals surface area contributed by atoms with Crippen LogP contribution in [0.4, 0.5) is 15.8 Å². The Morgan fingerprint density at radius 3 is 2.45 bits per heavy atom. The molecule has 2 aromatic carbocycles. The maximum absolute atomic E-state index is 13.3. The molecule has 104 valence electrons. The Balaban J connectivity index is 2.30. The molecule has 3 nitrogen and oxygen atoms in total. The minimum Gasteiger partial charge on any atom is -0.399 e. The molecule has 0 unspecified atom stereocenters. The number of hydrogen-bond donors (Lipinski definition) is 2. The maximum atomic E-state index is 13.3. The molecule has 0 aliphatic carbocycles. The number of nitrogens with two attached hydrogens (primary N) is 1. The molecule has 0 atom stereocenters. The Morgan fingerprint density at radius 1 is 1.10 bits per heavy atom. The molecule has 0 aliphatic rings. The summed E-state index contributed by atoms with van der Waals surface area (Å²) in [5.74, 6) is -1.19. The molecule has 0 aromatic heterocycles. The monoisotopic (exact) mass is 332 g/mol. The number of nitrogen functional groups attached to an aromatic ring is 1. The van der Waals surface area contributed by atoms with Crippen LogP contribution in [-0.4, -0.2) is 5.91 Å². The van der Waals surface area contributed by atoms with Crippen molar-refractivity contribution in [1.82, 2.24) is 0 Å². The van der Waals surface area contributed by atoms with Crippen LogP contribution in [0, 0.1) is 5.82 Å². The number of halogens is 4. The molecule has 2 rings (SSSR count). The second-order valence-corrected chi connectivity index (χ2v) is 5.14. The van der Waals surface area contributed by atoms with Crippen molar-refractivity contribution < 1.29 is 9.18 Å². The Labute approximate surface area is 129 Å². The van der Waals surface area contributed by atoms with Crippen LogP contribution < -0.4 is 11.1 Å². The van der Waals surface area contributed by atoms with E-state index in [4.69, 9.17) is 40.5 Å². The highest BCUT2D eigenvalue weighted by Crippen LogP contribution is 2.29. The lowest BCUT2D eigenvalue weighted by Gasteiger charge is -2.09. The van der Waals surface area contributed by atoms with Crippen molar-refractivity contribution in [3.05, 3.63) is 56.8 Å². The molecule has 0 aliphatic heterocycles. The van der Waals surface area contributed by atoms with Gasteiger partial charge >= 0.3 is 0 Å². The molecule has 20 heavy (non-hydrogen) atoms. The van der Waals surface area contributed by atoms with Crippen molar-refractivity contribution >= 4 is 52.1 Å². The lowest BCUT2D eigenvalue weighted by Crippen LogP contribution is -2.13. The topological polar surface area (TPSA) is 55.1 Å². The van der Waals surface area contributed by atoms with Gasteiger partial charge in [0.2, 0.25) is 0 Å². The first-order valence-electron chi connectivity index (χ1n) is 5.39. The molecule has 0 saturated carbocycles. The van der Waals surface area contributed by atoms with E-state index in [1.165, 1.54) is 24.3 Å². The van der Waals surface area contributed by atoms with Crippen LogP contribution in [0.2, 0.25) is 15.1 Å². The zero-order valence-electron chi connectivity index (χ0n) is 9.88. The van der Waals surface area contributed by atoms with Crippen LogP contribution in [0.1, 0.15) is 10.4 Å². The van der Waals surface area contributed by atoms with Crippen LogP contribution in [-0.2, 0) is 0 Å². The van der Waals surface area contributed by atoms with E-state index in [1.54, 1.807) is 0 Å². The molecule has 7 heteroatoms. The largest absolute Gasteiger partial charge is 0.399 e. The van der Waals surface area contributed by atoms with E-state index in [-0.39, 0.29) is 26.3 Å². The van der Waals surface area contributed by atoms with Crippen LogP contribution in [0.3, 0.4) is 0 Å². The van der Waals surface area contributed by atoms with Crippen LogP contribution in [0.15, 0.2) is 30.3 Å². The highest BCUT2D eigenvalue weighted by molar-refractivity contribution is 6.44. The summed E-state index contributed by atoms with van der Waals surface area (Å²) in [5, 5.41) is 2.69. The van der Waals surface area contributed by atoms with Crippen molar-refractivity contribution in [2.75, 3.05) is 11.1 Å². The van der Waals surface area contributed by atoms with Crippen molar-refractivity contribution in [1.29, 1.82) is 0 Å². The maximum Gasteiger partial charge on any atom is 0.257 e. The van der Waals surface area contributed by atoms with Gasteiger partial charge in [0.25, 0.3) is 5.91 Å². The van der Waals surface area contributed by atoms with E-state index in [0.717, 1.165) is 6.07 Å². The van der Waals surface area contributed by atoms with E-state index in [9.17, 15) is 9.18 Å². The number of hydrogen-bond acceptors (Lipinski definition) is 2. The van der Waals surface area contributed by atoms with Crippen molar-refractivity contribution in [3.8, 4) is 0 Å². The van der Waals surface area contributed by atoms with Crippen LogP contribution >= 0.6 is 34.8 Å². The molecule has 1 amide bonds. The fraction of sp³-hybridized carbons (Fsp3) is 0. The van der Waals surface area contributed by atoms with E-state index >= 15 is 0 Å². The van der Waals surface area contributed by atoms with Gasteiger partial charge in [-0.3, -0.25) is 4.79 Å². The lowest BCUT2D eigenvalue weighted by molar-refractivity contribution is 0.102. The molecular formula is C13H8Cl3FN2O. The summed E-state index contributed by atoms with van der Waals surface area (Å²) < 4.78 is 13.3. The second kappa shape index (κ2) is 5.87. The molecule has 0 fully saturated rings. The third-order valence-electron chi connectivity index (χ3n) is 2.47. The van der Waals surface area contributed by atoms with E-state index in [1.807, 2.05) is 0 Å². The summed E-state index contributed by atoms with van der Waals surface area (Å²) in [4.78, 5) is 12.1. The third kappa shape index (κ3) is 3.15. The Kier molecular flexibility index (Phi) is 4.38. The fourth-order valence-electron chi connectivity index (χ4n) is 1.55. The van der Waals surface area contributed by atoms with Gasteiger partial charge in [-0.2, -0.15) is 0 Å². The predicted molar refractivity (Wildman–Crippen MR) is 80.2 cm³/mol. The van der Waals surface area contributed by atoms with Crippen molar-refractivity contribution in [2.24, 2.45) is 0 Å². The average Bonchev–Trinajstić information content (AvgIpc) is 2.38. The van der Waals surface area contributed by atoms with Crippen molar-refractivity contribution in [2.45, 2.75) is 0 Å². The summed E-state index contributed by atoms with van der Waals surface area (Å²) >= 11 is 17.3. The van der Waals surface area contributed by atoms with Gasteiger partial charge in [-0.15, -0.1) is 0 Å². The highest BCUT2D eigenvalue weighted by Gasteiger charge is 2.15. The quantitative estimate of drug-likeness (QED) is 0.788. The normalized spacial score (nSPS) is 10.4. The molecular weight excluding hydrogens is 326 g/mol. The van der Waals surface area contributed by atoms with Gasteiger partial charge in [0, 0.05) is 11.4 Å².